The summed E-state index contributed by atoms with van der Waals surface area (Å²) in [5.41, 5.74) is 7.34. The van der Waals surface area contributed by atoms with Gasteiger partial charge in [-0.05, 0) is 37.1 Å². The third kappa shape index (κ3) is 4.08. The van der Waals surface area contributed by atoms with Crippen molar-refractivity contribution in [3.8, 4) is 0 Å². The Balaban J connectivity index is 1.86. The molecule has 2 heterocycles. The number of amides is 1. The van der Waals surface area contributed by atoms with Crippen molar-refractivity contribution in [2.45, 2.75) is 18.9 Å². The molecule has 3 rings (SSSR count). The Morgan fingerprint density at radius 3 is 2.92 bits per heavy atom. The van der Waals surface area contributed by atoms with Crippen LogP contribution in [-0.4, -0.2) is 21.8 Å². The number of halogens is 2. The summed E-state index contributed by atoms with van der Waals surface area (Å²) in [6, 6.07) is 9.05. The number of hydrogen-bond donors (Lipinski definition) is 2. The van der Waals surface area contributed by atoms with Gasteiger partial charge in [-0.15, -0.1) is 0 Å². The van der Waals surface area contributed by atoms with Gasteiger partial charge < -0.3 is 11.1 Å². The van der Waals surface area contributed by atoms with Gasteiger partial charge >= 0.3 is 0 Å². The second-order valence-corrected chi connectivity index (χ2v) is 7.76. The number of hydrogen-bond acceptors (Lipinski definition) is 5. The molecule has 0 saturated carbocycles. The third-order valence-electron chi connectivity index (χ3n) is 3.99. The smallest absolute Gasteiger partial charge is 0.258 e. The number of rotatable bonds is 3. The standard InChI is InChI=1S/C17H16Cl2N4OS/c1-17(5-6-25-16(20)23-17)10-3-2-4-12(7-10)22-15(24)13-8-11(18)9-21-14(13)19/h2-4,7-9H,5-6H2,1H3,(H2,20,23)(H,22,24). The molecule has 130 valence electrons. The molecule has 1 aromatic carbocycles. The fraction of sp³-hybridized carbons (Fsp3) is 0.235. The van der Waals surface area contributed by atoms with Gasteiger partial charge in [0.2, 0.25) is 0 Å². The Hall–Kier alpha value is -1.76. The lowest BCUT2D eigenvalue weighted by Crippen LogP contribution is -2.28. The number of amidine groups is 1. The van der Waals surface area contributed by atoms with E-state index in [0.717, 1.165) is 17.7 Å². The Bertz CT molecular complexity index is 858. The van der Waals surface area contributed by atoms with Crippen LogP contribution >= 0.6 is 35.0 Å². The number of thioether (sulfide) groups is 1. The number of benzene rings is 1. The Morgan fingerprint density at radius 2 is 2.16 bits per heavy atom. The van der Waals surface area contributed by atoms with Crippen molar-refractivity contribution in [2.75, 3.05) is 11.1 Å². The van der Waals surface area contributed by atoms with E-state index in [4.69, 9.17) is 28.9 Å². The summed E-state index contributed by atoms with van der Waals surface area (Å²) < 4.78 is 0. The largest absolute Gasteiger partial charge is 0.379 e. The summed E-state index contributed by atoms with van der Waals surface area (Å²) in [7, 11) is 0. The molecule has 5 nitrogen and oxygen atoms in total. The van der Waals surface area contributed by atoms with E-state index in [1.54, 1.807) is 17.8 Å². The molecule has 0 saturated heterocycles. The fourth-order valence-corrected chi connectivity index (χ4v) is 3.93. The molecular weight excluding hydrogens is 379 g/mol. The highest BCUT2D eigenvalue weighted by atomic mass is 35.5. The van der Waals surface area contributed by atoms with Crippen LogP contribution in [0.25, 0.3) is 0 Å². The van der Waals surface area contributed by atoms with Crippen molar-refractivity contribution in [1.29, 1.82) is 0 Å². The summed E-state index contributed by atoms with van der Waals surface area (Å²) in [6.45, 7) is 2.04. The minimum absolute atomic E-state index is 0.103. The molecule has 1 aliphatic heterocycles. The number of aliphatic imine (C=N–C) groups is 1. The molecule has 2 aromatic rings. The topological polar surface area (TPSA) is 80.4 Å². The van der Waals surface area contributed by atoms with Gasteiger partial charge in [-0.3, -0.25) is 9.79 Å². The second kappa shape index (κ2) is 7.23. The molecule has 1 amide bonds. The van der Waals surface area contributed by atoms with E-state index in [1.807, 2.05) is 25.1 Å². The summed E-state index contributed by atoms with van der Waals surface area (Å²) in [4.78, 5) is 20.9. The van der Waals surface area contributed by atoms with Crippen LogP contribution in [0.1, 0.15) is 29.3 Å². The predicted molar refractivity (Wildman–Crippen MR) is 105 cm³/mol. The van der Waals surface area contributed by atoms with Crippen molar-refractivity contribution >= 4 is 51.7 Å². The highest BCUT2D eigenvalue weighted by Gasteiger charge is 2.29. The zero-order chi connectivity index (χ0) is 18.0. The van der Waals surface area contributed by atoms with Crippen LogP contribution in [0.15, 0.2) is 41.5 Å². The highest BCUT2D eigenvalue weighted by Crippen LogP contribution is 2.36. The SMILES string of the molecule is CC1(c2cccc(NC(=O)c3cc(Cl)cnc3Cl)c2)CCSC(N)=N1. The van der Waals surface area contributed by atoms with Crippen molar-refractivity contribution in [1.82, 2.24) is 4.98 Å². The molecule has 8 heteroatoms. The normalized spacial score (nSPS) is 20.0. The first kappa shape index (κ1) is 18.0. The number of nitrogens with zero attached hydrogens (tertiary/aromatic N) is 2. The second-order valence-electron chi connectivity index (χ2n) is 5.85. The number of aromatic nitrogens is 1. The molecule has 0 bridgehead atoms. The van der Waals surface area contributed by atoms with Crippen molar-refractivity contribution < 1.29 is 4.79 Å². The van der Waals surface area contributed by atoms with Gasteiger partial charge in [0.05, 0.1) is 16.1 Å². The zero-order valence-electron chi connectivity index (χ0n) is 13.4. The maximum Gasteiger partial charge on any atom is 0.258 e. The minimum Gasteiger partial charge on any atom is -0.379 e. The Kier molecular flexibility index (Phi) is 5.22. The summed E-state index contributed by atoms with van der Waals surface area (Å²) >= 11 is 13.4. The average molecular weight is 395 g/mol. The average Bonchev–Trinajstić information content (AvgIpc) is 2.57. The van der Waals surface area contributed by atoms with Crippen LogP contribution in [0, 0.1) is 0 Å². The van der Waals surface area contributed by atoms with Crippen LogP contribution in [0.5, 0.6) is 0 Å². The number of pyridine rings is 1. The number of anilines is 1. The fourth-order valence-electron chi connectivity index (χ4n) is 2.61. The molecule has 1 aliphatic rings. The van der Waals surface area contributed by atoms with E-state index in [9.17, 15) is 4.79 Å². The first-order chi connectivity index (χ1) is 11.9. The van der Waals surface area contributed by atoms with E-state index in [2.05, 4.69) is 15.3 Å². The lowest BCUT2D eigenvalue weighted by Gasteiger charge is -2.30. The van der Waals surface area contributed by atoms with Crippen molar-refractivity contribution in [3.63, 3.8) is 0 Å². The van der Waals surface area contributed by atoms with Crippen molar-refractivity contribution in [3.05, 3.63) is 57.8 Å². The van der Waals surface area contributed by atoms with E-state index in [-0.39, 0.29) is 16.6 Å². The zero-order valence-corrected chi connectivity index (χ0v) is 15.8. The maximum atomic E-state index is 12.5. The van der Waals surface area contributed by atoms with E-state index >= 15 is 0 Å². The van der Waals surface area contributed by atoms with Gasteiger partial charge in [-0.2, -0.15) is 0 Å². The predicted octanol–water partition coefficient (Wildman–Crippen LogP) is 4.31. The van der Waals surface area contributed by atoms with Crippen LogP contribution in [0.4, 0.5) is 5.69 Å². The number of nitrogens with one attached hydrogen (secondary N) is 1. The first-order valence-corrected chi connectivity index (χ1v) is 9.33. The van der Waals surface area contributed by atoms with Crippen LogP contribution < -0.4 is 11.1 Å². The molecule has 3 N–H and O–H groups in total. The maximum absolute atomic E-state index is 12.5. The monoisotopic (exact) mass is 394 g/mol. The molecular formula is C17H16Cl2N4OS. The molecule has 1 atom stereocenters. The number of carbonyl (C=O) groups excluding carboxylic acids is 1. The number of nitrogens with two attached hydrogens (primary N) is 1. The van der Waals surface area contributed by atoms with Crippen LogP contribution in [0.2, 0.25) is 10.2 Å². The lowest BCUT2D eigenvalue weighted by atomic mass is 9.89. The van der Waals surface area contributed by atoms with Gasteiger partial charge in [-0.25, -0.2) is 4.98 Å². The molecule has 0 radical (unpaired) electrons. The van der Waals surface area contributed by atoms with E-state index in [0.29, 0.717) is 15.9 Å². The molecule has 0 fully saturated rings. The quantitative estimate of drug-likeness (QED) is 0.759. The molecule has 0 aliphatic carbocycles. The summed E-state index contributed by atoms with van der Waals surface area (Å²) in [6.07, 6.45) is 2.27. The molecule has 1 unspecified atom stereocenters. The minimum atomic E-state index is -0.397. The van der Waals surface area contributed by atoms with Gasteiger partial charge in [0.25, 0.3) is 5.91 Å². The molecule has 25 heavy (non-hydrogen) atoms. The Morgan fingerprint density at radius 1 is 1.36 bits per heavy atom. The first-order valence-electron chi connectivity index (χ1n) is 7.58. The summed E-state index contributed by atoms with van der Waals surface area (Å²) in [5.74, 6) is 0.538. The lowest BCUT2D eigenvalue weighted by molar-refractivity contribution is 0.102. The van der Waals surface area contributed by atoms with Crippen molar-refractivity contribution in [2.24, 2.45) is 10.7 Å². The van der Waals surface area contributed by atoms with Crippen LogP contribution in [-0.2, 0) is 5.54 Å². The number of carbonyl (C=O) groups is 1. The summed E-state index contributed by atoms with van der Waals surface area (Å²) in [5, 5.41) is 3.86. The van der Waals surface area contributed by atoms with Gasteiger partial charge in [-0.1, -0.05) is 47.1 Å². The van der Waals surface area contributed by atoms with Gasteiger partial charge in [0.1, 0.15) is 5.15 Å². The van der Waals surface area contributed by atoms with Gasteiger partial charge in [0, 0.05) is 17.6 Å². The molecule has 1 aromatic heterocycles. The van der Waals surface area contributed by atoms with E-state index < -0.39 is 5.54 Å². The van der Waals surface area contributed by atoms with E-state index in [1.165, 1.54) is 12.3 Å². The third-order valence-corrected chi connectivity index (χ3v) is 5.29. The van der Waals surface area contributed by atoms with Gasteiger partial charge in [0.15, 0.2) is 5.17 Å². The molecule has 0 spiro atoms. The Labute approximate surface area is 160 Å². The van der Waals surface area contributed by atoms with Crippen LogP contribution in [0.3, 0.4) is 0 Å². The highest BCUT2D eigenvalue weighted by molar-refractivity contribution is 8.13.